The van der Waals surface area contributed by atoms with E-state index in [0.717, 1.165) is 42.0 Å². The summed E-state index contributed by atoms with van der Waals surface area (Å²) in [5.41, 5.74) is 1.83. The van der Waals surface area contributed by atoms with E-state index in [1.165, 1.54) is 13.2 Å². The molecule has 5 heteroatoms. The molecule has 1 aliphatic rings. The number of hydrogen-bond acceptors (Lipinski definition) is 4. The zero-order valence-corrected chi connectivity index (χ0v) is 16.0. The molecule has 0 aromatic heterocycles. The van der Waals surface area contributed by atoms with Crippen molar-refractivity contribution in [1.82, 2.24) is 4.90 Å². The number of methoxy groups -OCH3 is 1. The molecule has 1 fully saturated rings. The van der Waals surface area contributed by atoms with Gasteiger partial charge in [-0.15, -0.1) is 11.8 Å². The van der Waals surface area contributed by atoms with E-state index in [9.17, 15) is 9.18 Å². The minimum atomic E-state index is -0.350. The van der Waals surface area contributed by atoms with E-state index in [2.05, 4.69) is 4.90 Å². The number of nitrogens with zero attached hydrogens (tertiary/aromatic N) is 1. The van der Waals surface area contributed by atoms with Gasteiger partial charge < -0.3 is 4.74 Å². The molecule has 3 rings (SSSR count). The van der Waals surface area contributed by atoms with Gasteiger partial charge in [0.2, 0.25) is 0 Å². The SMILES string of the molecule is COc1cc(CN2CCCC(C(=O)c3ccccc3SC)C2)ccc1F. The van der Waals surface area contributed by atoms with E-state index in [1.54, 1.807) is 23.9 Å². The topological polar surface area (TPSA) is 29.5 Å². The summed E-state index contributed by atoms with van der Waals surface area (Å²) in [6.07, 6.45) is 3.92. The van der Waals surface area contributed by atoms with Crippen LogP contribution in [-0.2, 0) is 6.54 Å². The number of hydrogen-bond donors (Lipinski definition) is 0. The molecule has 0 spiro atoms. The molecule has 0 N–H and O–H groups in total. The minimum absolute atomic E-state index is 0.0133. The third kappa shape index (κ3) is 4.27. The fourth-order valence-corrected chi connectivity index (χ4v) is 4.15. The Morgan fingerprint density at radius 1 is 1.31 bits per heavy atom. The zero-order valence-electron chi connectivity index (χ0n) is 15.2. The fourth-order valence-electron chi connectivity index (χ4n) is 3.54. The van der Waals surface area contributed by atoms with E-state index < -0.39 is 0 Å². The van der Waals surface area contributed by atoms with Crippen molar-refractivity contribution in [3.05, 3.63) is 59.4 Å². The van der Waals surface area contributed by atoms with E-state index >= 15 is 0 Å². The van der Waals surface area contributed by atoms with Crippen LogP contribution in [0, 0.1) is 11.7 Å². The summed E-state index contributed by atoms with van der Waals surface area (Å²) in [7, 11) is 1.47. The molecule has 1 atom stereocenters. The Morgan fingerprint density at radius 2 is 2.12 bits per heavy atom. The Hall–Kier alpha value is -1.85. The summed E-state index contributed by atoms with van der Waals surface area (Å²) in [6.45, 7) is 2.39. The highest BCUT2D eigenvalue weighted by molar-refractivity contribution is 7.98. The van der Waals surface area contributed by atoms with Crippen LogP contribution < -0.4 is 4.74 Å². The monoisotopic (exact) mass is 373 g/mol. The molecule has 0 radical (unpaired) electrons. The number of likely N-dealkylation sites (tertiary alicyclic amines) is 1. The van der Waals surface area contributed by atoms with Crippen LogP contribution in [0.5, 0.6) is 5.75 Å². The first kappa shape index (κ1) is 18.9. The van der Waals surface area contributed by atoms with Crippen molar-refractivity contribution in [2.75, 3.05) is 26.5 Å². The van der Waals surface area contributed by atoms with Crippen LogP contribution >= 0.6 is 11.8 Å². The summed E-state index contributed by atoms with van der Waals surface area (Å²) in [4.78, 5) is 16.3. The van der Waals surface area contributed by atoms with Crippen LogP contribution in [0.25, 0.3) is 0 Å². The number of ether oxygens (including phenoxy) is 1. The molecular formula is C21H24FNO2S. The molecule has 3 nitrogen and oxygen atoms in total. The predicted molar refractivity (Wildman–Crippen MR) is 104 cm³/mol. The molecule has 0 aliphatic carbocycles. The van der Waals surface area contributed by atoms with Crippen LogP contribution in [0.15, 0.2) is 47.4 Å². The number of ketones is 1. The third-order valence-electron chi connectivity index (χ3n) is 4.87. The fraction of sp³-hybridized carbons (Fsp3) is 0.381. The van der Waals surface area contributed by atoms with Crippen molar-refractivity contribution >= 4 is 17.5 Å². The highest BCUT2D eigenvalue weighted by atomic mass is 32.2. The minimum Gasteiger partial charge on any atom is -0.494 e. The van der Waals surface area contributed by atoms with E-state index in [1.807, 2.05) is 30.5 Å². The van der Waals surface area contributed by atoms with E-state index in [0.29, 0.717) is 6.54 Å². The largest absolute Gasteiger partial charge is 0.494 e. The van der Waals surface area contributed by atoms with E-state index in [4.69, 9.17) is 4.74 Å². The smallest absolute Gasteiger partial charge is 0.168 e. The summed E-state index contributed by atoms with van der Waals surface area (Å²) in [5.74, 6) is 0.161. The maximum Gasteiger partial charge on any atom is 0.168 e. The second kappa shape index (κ2) is 8.69. The van der Waals surface area contributed by atoms with Gasteiger partial charge in [0.25, 0.3) is 0 Å². The molecule has 26 heavy (non-hydrogen) atoms. The average molecular weight is 373 g/mol. The number of rotatable bonds is 6. The van der Waals surface area contributed by atoms with Crippen LogP contribution in [0.2, 0.25) is 0 Å². The average Bonchev–Trinajstić information content (AvgIpc) is 2.69. The number of carbonyl (C=O) groups is 1. The van der Waals surface area contributed by atoms with Gasteiger partial charge in [-0.1, -0.05) is 24.3 Å². The lowest BCUT2D eigenvalue weighted by molar-refractivity contribution is 0.0808. The number of carbonyl (C=O) groups excluding carboxylic acids is 1. The van der Waals surface area contributed by atoms with Gasteiger partial charge >= 0.3 is 0 Å². The van der Waals surface area contributed by atoms with Gasteiger partial charge in [-0.2, -0.15) is 0 Å². The molecule has 138 valence electrons. The third-order valence-corrected chi connectivity index (χ3v) is 5.67. The highest BCUT2D eigenvalue weighted by Crippen LogP contribution is 2.28. The van der Waals surface area contributed by atoms with Gasteiger partial charge in [-0.3, -0.25) is 9.69 Å². The number of halogens is 1. The van der Waals surface area contributed by atoms with Crippen molar-refractivity contribution in [2.24, 2.45) is 5.92 Å². The van der Waals surface area contributed by atoms with E-state index in [-0.39, 0.29) is 23.3 Å². The van der Waals surface area contributed by atoms with Crippen LogP contribution in [0.1, 0.15) is 28.8 Å². The summed E-state index contributed by atoms with van der Waals surface area (Å²) in [5, 5.41) is 0. The highest BCUT2D eigenvalue weighted by Gasteiger charge is 2.27. The normalized spacial score (nSPS) is 17.9. The van der Waals surface area contributed by atoms with Crippen molar-refractivity contribution in [3.63, 3.8) is 0 Å². The summed E-state index contributed by atoms with van der Waals surface area (Å²) < 4.78 is 18.7. The van der Waals surface area contributed by atoms with Crippen LogP contribution in [0.4, 0.5) is 4.39 Å². The van der Waals surface area contributed by atoms with Gasteiger partial charge in [-0.25, -0.2) is 4.39 Å². The van der Waals surface area contributed by atoms with Crippen molar-refractivity contribution in [2.45, 2.75) is 24.3 Å². The Labute approximate surface area is 158 Å². The molecular weight excluding hydrogens is 349 g/mol. The molecule has 0 bridgehead atoms. The standard InChI is InChI=1S/C21H24FNO2S/c1-25-19-12-15(9-10-18(19)22)13-23-11-5-6-16(14-23)21(24)17-7-3-4-8-20(17)26-2/h3-4,7-10,12,16H,5-6,11,13-14H2,1-2H3. The number of benzene rings is 2. The Morgan fingerprint density at radius 3 is 2.88 bits per heavy atom. The van der Waals surface area contributed by atoms with Gasteiger partial charge in [0.15, 0.2) is 17.3 Å². The first-order valence-electron chi connectivity index (χ1n) is 8.84. The van der Waals surface area contributed by atoms with Gasteiger partial charge in [-0.05, 0) is 49.4 Å². The number of piperidine rings is 1. The van der Waals surface area contributed by atoms with Crippen molar-refractivity contribution in [1.29, 1.82) is 0 Å². The van der Waals surface area contributed by atoms with Crippen molar-refractivity contribution < 1.29 is 13.9 Å². The van der Waals surface area contributed by atoms with Gasteiger partial charge in [0, 0.05) is 29.5 Å². The Bertz CT molecular complexity index is 780. The predicted octanol–water partition coefficient (Wildman–Crippen LogP) is 4.65. The maximum atomic E-state index is 13.6. The lowest BCUT2D eigenvalue weighted by atomic mass is 9.89. The second-order valence-electron chi connectivity index (χ2n) is 6.61. The molecule has 0 saturated carbocycles. The molecule has 1 heterocycles. The molecule has 2 aromatic rings. The maximum absolute atomic E-state index is 13.6. The molecule has 0 amide bonds. The molecule has 1 saturated heterocycles. The Kier molecular flexibility index (Phi) is 6.33. The summed E-state index contributed by atoms with van der Waals surface area (Å²) >= 11 is 1.61. The second-order valence-corrected chi connectivity index (χ2v) is 7.46. The Balaban J connectivity index is 1.70. The van der Waals surface area contributed by atoms with Crippen LogP contribution in [-0.4, -0.2) is 37.1 Å². The first-order chi connectivity index (χ1) is 12.6. The van der Waals surface area contributed by atoms with Gasteiger partial charge in [0.05, 0.1) is 7.11 Å². The van der Waals surface area contributed by atoms with Gasteiger partial charge in [0.1, 0.15) is 0 Å². The molecule has 1 unspecified atom stereocenters. The lowest BCUT2D eigenvalue weighted by Gasteiger charge is -2.32. The lowest BCUT2D eigenvalue weighted by Crippen LogP contribution is -2.38. The molecule has 2 aromatic carbocycles. The number of Topliss-reactive ketones (excluding diaryl/α,β-unsaturated/α-hetero) is 1. The molecule has 1 aliphatic heterocycles. The van der Waals surface area contributed by atoms with Crippen LogP contribution in [0.3, 0.4) is 0 Å². The quantitative estimate of drug-likeness (QED) is 0.544. The first-order valence-corrected chi connectivity index (χ1v) is 10.1. The summed E-state index contributed by atoms with van der Waals surface area (Å²) in [6, 6.07) is 12.8. The van der Waals surface area contributed by atoms with Crippen molar-refractivity contribution in [3.8, 4) is 5.75 Å². The number of thioether (sulfide) groups is 1. The zero-order chi connectivity index (χ0) is 18.5.